The molecule has 0 aliphatic carbocycles. The van der Waals surface area contributed by atoms with E-state index in [1.54, 1.807) is 0 Å². The lowest BCUT2D eigenvalue weighted by Crippen LogP contribution is -2.47. The van der Waals surface area contributed by atoms with E-state index in [0.29, 0.717) is 0 Å². The van der Waals surface area contributed by atoms with Crippen LogP contribution in [0.25, 0.3) is 0 Å². The summed E-state index contributed by atoms with van der Waals surface area (Å²) in [5.41, 5.74) is 0. The van der Waals surface area contributed by atoms with Gasteiger partial charge in [-0.1, -0.05) is 91.9 Å². The van der Waals surface area contributed by atoms with Crippen LogP contribution in [0.3, 0.4) is 0 Å². The van der Waals surface area contributed by atoms with Crippen molar-refractivity contribution in [3.8, 4) is 0 Å². The largest absolute Gasteiger partial charge is 0.411 e. The van der Waals surface area contributed by atoms with Gasteiger partial charge in [-0.2, -0.15) is 0 Å². The molecule has 0 aromatic carbocycles. The first-order valence-corrected chi connectivity index (χ1v) is 17.2. The molecule has 2 aliphatic rings. The predicted molar refractivity (Wildman–Crippen MR) is 141 cm³/mol. The maximum absolute atomic E-state index is 9.41. The number of aliphatic hydroxyl groups is 1. The lowest BCUT2D eigenvalue weighted by molar-refractivity contribution is -0.0958. The van der Waals surface area contributed by atoms with Crippen molar-refractivity contribution in [1.82, 2.24) is 0 Å². The van der Waals surface area contributed by atoms with E-state index >= 15 is 0 Å². The molecule has 0 unspecified atom stereocenters. The van der Waals surface area contributed by atoms with Gasteiger partial charge in [0.05, 0.1) is 37.1 Å². The molecule has 2 rings (SSSR count). The molecule has 1 N–H and O–H groups in total. The van der Waals surface area contributed by atoms with E-state index in [-0.39, 0.29) is 42.2 Å². The maximum Gasteiger partial charge on any atom is 0.192 e. The maximum atomic E-state index is 9.41. The molecule has 4 nitrogen and oxygen atoms in total. The molecule has 0 aromatic rings. The van der Waals surface area contributed by atoms with Crippen LogP contribution in [0.5, 0.6) is 0 Å². The smallest absolute Gasteiger partial charge is 0.192 e. The minimum atomic E-state index is -1.85. The van der Waals surface area contributed by atoms with E-state index in [1.807, 2.05) is 0 Å². The van der Waals surface area contributed by atoms with Gasteiger partial charge in [0.1, 0.15) is 0 Å². The van der Waals surface area contributed by atoms with Crippen LogP contribution >= 0.6 is 0 Å². The molecule has 0 saturated carbocycles. The van der Waals surface area contributed by atoms with E-state index in [9.17, 15) is 5.11 Å². The highest BCUT2D eigenvalue weighted by Gasteiger charge is 2.44. The molecule has 5 atom stereocenters. The molecule has 5 heteroatoms. The first-order valence-electron chi connectivity index (χ1n) is 14.3. The first kappa shape index (κ1) is 29.3. The minimum Gasteiger partial charge on any atom is -0.411 e. The van der Waals surface area contributed by atoms with E-state index in [1.165, 1.54) is 64.2 Å². The van der Waals surface area contributed by atoms with Gasteiger partial charge in [-0.25, -0.2) is 0 Å². The zero-order valence-corrected chi connectivity index (χ0v) is 23.9. The summed E-state index contributed by atoms with van der Waals surface area (Å²) in [6, 6.07) is 0. The number of rotatable bonds is 16. The lowest BCUT2D eigenvalue weighted by atomic mass is 10.0. The Bertz CT molecular complexity index is 519. The van der Waals surface area contributed by atoms with Gasteiger partial charge in [0.15, 0.2) is 8.32 Å². The average molecular weight is 485 g/mol. The summed E-state index contributed by atoms with van der Waals surface area (Å²) in [6.45, 7) is 14.1. The Balaban J connectivity index is 1.79. The fourth-order valence-electron chi connectivity index (χ4n) is 5.09. The number of unbranched alkanes of at least 4 members (excludes halogenated alkanes) is 9. The predicted octanol–water partition coefficient (Wildman–Crippen LogP) is 7.78. The van der Waals surface area contributed by atoms with Crippen molar-refractivity contribution in [2.45, 2.75) is 173 Å². The number of ether oxygens (including phenoxy) is 2. The molecule has 0 bridgehead atoms. The summed E-state index contributed by atoms with van der Waals surface area (Å²) in [6.07, 6.45) is 19.6. The molecular formula is C28H56O4Si. The van der Waals surface area contributed by atoms with Crippen LogP contribution in [0.1, 0.15) is 124 Å². The molecule has 0 spiro atoms. The molecule has 2 heterocycles. The van der Waals surface area contributed by atoms with Crippen molar-refractivity contribution in [2.24, 2.45) is 0 Å². The van der Waals surface area contributed by atoms with Gasteiger partial charge >= 0.3 is 0 Å². The minimum absolute atomic E-state index is 0.00331. The Morgan fingerprint density at radius 1 is 0.818 bits per heavy atom. The van der Waals surface area contributed by atoms with E-state index in [2.05, 4.69) is 40.8 Å². The van der Waals surface area contributed by atoms with Crippen molar-refractivity contribution >= 4 is 8.32 Å². The topological polar surface area (TPSA) is 47.9 Å². The van der Waals surface area contributed by atoms with E-state index in [4.69, 9.17) is 13.9 Å². The molecule has 0 amide bonds. The van der Waals surface area contributed by atoms with Gasteiger partial charge in [-0.3, -0.25) is 0 Å². The zero-order valence-electron chi connectivity index (χ0n) is 22.9. The SMILES string of the molecule is CCCCCCCCCCCC[C@H](O[Si](C)(C)C(C)(C)C)[C@@H]1CC[C@@H]([C@H]2CC[C@@H](CO)O2)O1. The third-order valence-electron chi connectivity index (χ3n) is 8.35. The Kier molecular flexibility index (Phi) is 12.9. The third kappa shape index (κ3) is 9.91. The molecule has 33 heavy (non-hydrogen) atoms. The fourth-order valence-corrected chi connectivity index (χ4v) is 6.47. The molecule has 196 valence electrons. The summed E-state index contributed by atoms with van der Waals surface area (Å²) in [7, 11) is -1.85. The summed E-state index contributed by atoms with van der Waals surface area (Å²) < 4.78 is 19.6. The van der Waals surface area contributed by atoms with Crippen molar-refractivity contribution in [3.05, 3.63) is 0 Å². The second kappa shape index (κ2) is 14.6. The van der Waals surface area contributed by atoms with Crippen LogP contribution < -0.4 is 0 Å². The Morgan fingerprint density at radius 2 is 1.36 bits per heavy atom. The molecule has 2 aliphatic heterocycles. The van der Waals surface area contributed by atoms with E-state index < -0.39 is 8.32 Å². The molecule has 2 fully saturated rings. The zero-order chi connectivity index (χ0) is 24.3. The van der Waals surface area contributed by atoms with E-state index in [0.717, 1.165) is 32.1 Å². The average Bonchev–Trinajstić information content (AvgIpc) is 3.42. The lowest BCUT2D eigenvalue weighted by Gasteiger charge is -2.41. The third-order valence-corrected chi connectivity index (χ3v) is 12.9. The molecule has 0 radical (unpaired) electrons. The molecule has 2 saturated heterocycles. The number of hydrogen-bond acceptors (Lipinski definition) is 4. The fraction of sp³-hybridized carbons (Fsp3) is 1.00. The Morgan fingerprint density at radius 3 is 1.91 bits per heavy atom. The van der Waals surface area contributed by atoms with Crippen LogP contribution in [0.15, 0.2) is 0 Å². The van der Waals surface area contributed by atoms with Gasteiger partial charge < -0.3 is 19.0 Å². The van der Waals surface area contributed by atoms with Crippen LogP contribution in [0.4, 0.5) is 0 Å². The number of hydrogen-bond donors (Lipinski definition) is 1. The highest BCUT2D eigenvalue weighted by molar-refractivity contribution is 6.74. The van der Waals surface area contributed by atoms with Gasteiger partial charge in [-0.15, -0.1) is 0 Å². The molecular weight excluding hydrogens is 428 g/mol. The summed E-state index contributed by atoms with van der Waals surface area (Å²) in [5.74, 6) is 0. The monoisotopic (exact) mass is 484 g/mol. The summed E-state index contributed by atoms with van der Waals surface area (Å²) in [5, 5.41) is 9.62. The Labute approximate surface area is 206 Å². The quantitative estimate of drug-likeness (QED) is 0.179. The summed E-state index contributed by atoms with van der Waals surface area (Å²) in [4.78, 5) is 0. The van der Waals surface area contributed by atoms with Gasteiger partial charge in [-0.05, 0) is 50.2 Å². The van der Waals surface area contributed by atoms with Crippen LogP contribution in [0, 0.1) is 0 Å². The standard InChI is InChI=1S/C28H56O4Si/c1-7-8-9-10-11-12-13-14-15-16-17-27(32-33(5,6)28(2,3)4)26-21-20-25(31-26)24-19-18-23(22-29)30-24/h23-27,29H,7-22H2,1-6H3/t23-,24+,25-,26-,27-/m0/s1. The van der Waals surface area contributed by atoms with Crippen molar-refractivity contribution < 1.29 is 19.0 Å². The van der Waals surface area contributed by atoms with Crippen LogP contribution in [-0.4, -0.2) is 50.6 Å². The van der Waals surface area contributed by atoms with Crippen molar-refractivity contribution in [2.75, 3.05) is 6.61 Å². The normalized spacial score (nSPS) is 27.4. The van der Waals surface area contributed by atoms with Crippen LogP contribution in [0.2, 0.25) is 18.1 Å². The highest BCUT2D eigenvalue weighted by atomic mass is 28.4. The van der Waals surface area contributed by atoms with Gasteiger partial charge in [0.25, 0.3) is 0 Å². The van der Waals surface area contributed by atoms with Gasteiger partial charge in [0, 0.05) is 0 Å². The second-order valence-electron chi connectivity index (χ2n) is 12.2. The van der Waals surface area contributed by atoms with Gasteiger partial charge in [0.2, 0.25) is 0 Å². The van der Waals surface area contributed by atoms with Crippen molar-refractivity contribution in [3.63, 3.8) is 0 Å². The van der Waals surface area contributed by atoms with Crippen LogP contribution in [-0.2, 0) is 13.9 Å². The summed E-state index contributed by atoms with van der Waals surface area (Å²) >= 11 is 0. The highest BCUT2D eigenvalue weighted by Crippen LogP contribution is 2.40. The first-order chi connectivity index (χ1) is 15.7. The molecule has 0 aromatic heterocycles. The second-order valence-corrected chi connectivity index (χ2v) is 17.0. The van der Waals surface area contributed by atoms with Crippen molar-refractivity contribution in [1.29, 1.82) is 0 Å². The Hall–Kier alpha value is 0.0569. The number of aliphatic hydroxyl groups excluding tert-OH is 1.